The second-order valence-electron chi connectivity index (χ2n) is 1.46. The Morgan fingerprint density at radius 3 is 3.00 bits per heavy atom. The molecule has 1 aromatic heterocycles. The third-order valence-corrected chi connectivity index (χ3v) is 0.948. The average Bonchev–Trinajstić information content (AvgIpc) is 1.91. The fraction of sp³-hybridized carbons (Fsp3) is 0. The third-order valence-electron chi connectivity index (χ3n) is 0.853. The summed E-state index contributed by atoms with van der Waals surface area (Å²) in [7, 11) is 0. The first-order valence-corrected chi connectivity index (χ1v) is 2.83. The topological polar surface area (TPSA) is 12.9 Å². The summed E-state index contributed by atoms with van der Waals surface area (Å²) in [6.07, 6.45) is 3.36. The summed E-state index contributed by atoms with van der Waals surface area (Å²) in [6, 6.07) is 3.67. The standard InChI is InChI=1S/C7H4ClN/c8-4-3-7-2-1-5-9-6-7/h1-2,5-6H. The van der Waals surface area contributed by atoms with Crippen LogP contribution in [0.1, 0.15) is 5.56 Å². The summed E-state index contributed by atoms with van der Waals surface area (Å²) >= 11 is 5.15. The van der Waals surface area contributed by atoms with Gasteiger partial charge in [0.15, 0.2) is 0 Å². The average molecular weight is 138 g/mol. The van der Waals surface area contributed by atoms with E-state index in [4.69, 9.17) is 11.6 Å². The van der Waals surface area contributed by atoms with E-state index in [9.17, 15) is 0 Å². The van der Waals surface area contributed by atoms with E-state index < -0.39 is 0 Å². The van der Waals surface area contributed by atoms with Crippen LogP contribution in [-0.2, 0) is 0 Å². The molecule has 0 aliphatic heterocycles. The lowest BCUT2D eigenvalue weighted by atomic mass is 10.3. The van der Waals surface area contributed by atoms with Gasteiger partial charge in [-0.1, -0.05) is 0 Å². The monoisotopic (exact) mass is 137 g/mol. The minimum Gasteiger partial charge on any atom is -0.263 e. The van der Waals surface area contributed by atoms with Gasteiger partial charge in [-0.3, -0.25) is 4.98 Å². The van der Waals surface area contributed by atoms with Gasteiger partial charge in [0.05, 0.1) is 0 Å². The van der Waals surface area contributed by atoms with Gasteiger partial charge in [0.2, 0.25) is 0 Å². The number of halogens is 1. The van der Waals surface area contributed by atoms with Crippen molar-refractivity contribution in [3.8, 4) is 11.3 Å². The molecule has 0 aliphatic rings. The molecule has 0 unspecified atom stereocenters. The van der Waals surface area contributed by atoms with Crippen LogP contribution in [0.3, 0.4) is 0 Å². The van der Waals surface area contributed by atoms with Crippen LogP contribution in [0.25, 0.3) is 0 Å². The first-order chi connectivity index (χ1) is 4.43. The second-order valence-corrected chi connectivity index (χ2v) is 1.65. The lowest BCUT2D eigenvalue weighted by molar-refractivity contribution is 1.31. The SMILES string of the molecule is ClC#Cc1cccnc1. The van der Waals surface area contributed by atoms with Gasteiger partial charge in [0.1, 0.15) is 0 Å². The number of pyridine rings is 1. The Kier molecular flexibility index (Phi) is 2.12. The molecule has 1 nitrogen and oxygen atoms in total. The maximum Gasteiger partial charge on any atom is 0.0441 e. The van der Waals surface area contributed by atoms with Crippen LogP contribution < -0.4 is 0 Å². The highest BCUT2D eigenvalue weighted by Crippen LogP contribution is 1.90. The van der Waals surface area contributed by atoms with E-state index >= 15 is 0 Å². The van der Waals surface area contributed by atoms with Crippen LogP contribution in [0.5, 0.6) is 0 Å². The molecule has 0 saturated heterocycles. The fourth-order valence-corrected chi connectivity index (χ4v) is 0.600. The van der Waals surface area contributed by atoms with Gasteiger partial charge < -0.3 is 0 Å². The Bertz CT molecular complexity index is 232. The molecule has 0 atom stereocenters. The molecule has 0 bridgehead atoms. The smallest absolute Gasteiger partial charge is 0.0441 e. The molecule has 9 heavy (non-hydrogen) atoms. The van der Waals surface area contributed by atoms with Gasteiger partial charge in [-0.2, -0.15) is 0 Å². The van der Waals surface area contributed by atoms with E-state index in [2.05, 4.69) is 16.3 Å². The Morgan fingerprint density at radius 2 is 2.44 bits per heavy atom. The van der Waals surface area contributed by atoms with Crippen molar-refractivity contribution in [2.75, 3.05) is 0 Å². The van der Waals surface area contributed by atoms with Gasteiger partial charge in [-0.15, -0.1) is 0 Å². The van der Waals surface area contributed by atoms with Gasteiger partial charge in [-0.05, 0) is 29.7 Å². The normalized spacial score (nSPS) is 7.67. The highest BCUT2D eigenvalue weighted by Gasteiger charge is 1.79. The predicted molar refractivity (Wildman–Crippen MR) is 37.0 cm³/mol. The maximum absolute atomic E-state index is 5.15. The summed E-state index contributed by atoms with van der Waals surface area (Å²) in [6.45, 7) is 0. The van der Waals surface area contributed by atoms with Crippen molar-refractivity contribution in [3.05, 3.63) is 30.1 Å². The highest BCUT2D eigenvalue weighted by atomic mass is 35.5. The maximum atomic E-state index is 5.15. The van der Waals surface area contributed by atoms with Crippen LogP contribution in [0.4, 0.5) is 0 Å². The predicted octanol–water partition coefficient (Wildman–Crippen LogP) is 1.63. The van der Waals surface area contributed by atoms with Crippen LogP contribution in [0.2, 0.25) is 0 Å². The quantitative estimate of drug-likeness (QED) is 0.496. The van der Waals surface area contributed by atoms with E-state index in [1.54, 1.807) is 12.4 Å². The van der Waals surface area contributed by atoms with Gasteiger partial charge in [0.25, 0.3) is 0 Å². The van der Waals surface area contributed by atoms with Gasteiger partial charge in [-0.25, -0.2) is 0 Å². The minimum atomic E-state index is 0.840. The molecule has 0 radical (unpaired) electrons. The highest BCUT2D eigenvalue weighted by molar-refractivity contribution is 6.30. The van der Waals surface area contributed by atoms with E-state index in [1.165, 1.54) is 0 Å². The lowest BCUT2D eigenvalue weighted by Gasteiger charge is -1.82. The summed E-state index contributed by atoms with van der Waals surface area (Å²) < 4.78 is 0. The Morgan fingerprint density at radius 1 is 1.56 bits per heavy atom. The Balaban J connectivity index is 2.94. The second kappa shape index (κ2) is 3.11. The number of nitrogens with zero attached hydrogens (tertiary/aromatic N) is 1. The molecule has 0 aromatic carbocycles. The molecule has 44 valence electrons. The zero-order valence-corrected chi connectivity index (χ0v) is 5.39. The largest absolute Gasteiger partial charge is 0.263 e. The molecular formula is C7H4ClN. The van der Waals surface area contributed by atoms with Gasteiger partial charge >= 0.3 is 0 Å². The molecule has 1 aromatic rings. The van der Waals surface area contributed by atoms with E-state index in [0.29, 0.717) is 0 Å². The zero-order chi connectivity index (χ0) is 6.53. The van der Waals surface area contributed by atoms with Crippen molar-refractivity contribution in [2.24, 2.45) is 0 Å². The molecule has 0 N–H and O–H groups in total. The van der Waals surface area contributed by atoms with E-state index in [0.717, 1.165) is 5.56 Å². The molecular weight excluding hydrogens is 134 g/mol. The summed E-state index contributed by atoms with van der Waals surface area (Å²) in [5.74, 6) is 2.66. The summed E-state index contributed by atoms with van der Waals surface area (Å²) in [4.78, 5) is 3.84. The lowest BCUT2D eigenvalue weighted by Crippen LogP contribution is -1.72. The number of rotatable bonds is 0. The van der Waals surface area contributed by atoms with Crippen LogP contribution >= 0.6 is 11.6 Å². The molecule has 0 spiro atoms. The molecule has 0 amide bonds. The third kappa shape index (κ3) is 1.75. The summed E-state index contributed by atoms with van der Waals surface area (Å²) in [5, 5.41) is 2.27. The number of aromatic nitrogens is 1. The summed E-state index contributed by atoms with van der Waals surface area (Å²) in [5.41, 5.74) is 0.840. The first-order valence-electron chi connectivity index (χ1n) is 2.45. The molecule has 0 saturated carbocycles. The minimum absolute atomic E-state index is 0.840. The molecule has 1 heterocycles. The number of hydrogen-bond donors (Lipinski definition) is 0. The van der Waals surface area contributed by atoms with E-state index in [1.807, 2.05) is 12.1 Å². The van der Waals surface area contributed by atoms with Crippen LogP contribution in [-0.4, -0.2) is 4.98 Å². The van der Waals surface area contributed by atoms with E-state index in [-0.39, 0.29) is 0 Å². The molecule has 0 aliphatic carbocycles. The van der Waals surface area contributed by atoms with Crippen LogP contribution in [0.15, 0.2) is 24.5 Å². The van der Waals surface area contributed by atoms with Crippen molar-refractivity contribution < 1.29 is 0 Å². The molecule has 2 heteroatoms. The van der Waals surface area contributed by atoms with Crippen molar-refractivity contribution in [1.29, 1.82) is 0 Å². The molecule has 0 fully saturated rings. The molecule has 1 rings (SSSR count). The van der Waals surface area contributed by atoms with Gasteiger partial charge in [0, 0.05) is 23.3 Å². The van der Waals surface area contributed by atoms with Crippen molar-refractivity contribution >= 4 is 11.6 Å². The first kappa shape index (κ1) is 6.12. The number of hydrogen-bond acceptors (Lipinski definition) is 1. The van der Waals surface area contributed by atoms with Crippen molar-refractivity contribution in [1.82, 2.24) is 4.98 Å². The van der Waals surface area contributed by atoms with Crippen molar-refractivity contribution in [3.63, 3.8) is 0 Å². The van der Waals surface area contributed by atoms with Crippen LogP contribution in [0, 0.1) is 11.3 Å². The Hall–Kier alpha value is -1.00. The zero-order valence-electron chi connectivity index (χ0n) is 4.63. The Labute approximate surface area is 58.7 Å². The van der Waals surface area contributed by atoms with Crippen molar-refractivity contribution in [2.45, 2.75) is 0 Å². The fourth-order valence-electron chi connectivity index (χ4n) is 0.491.